The summed E-state index contributed by atoms with van der Waals surface area (Å²) < 4.78 is 0. The number of carbonyl (C=O) groups excluding carboxylic acids is 1. The molecule has 0 heterocycles. The number of benzene rings is 1. The zero-order valence-electron chi connectivity index (χ0n) is 11.8. The fraction of sp³-hybridized carbons (Fsp3) is 0.333. The number of likely N-dealkylation sites (N-methyl/N-ethyl adjacent to an activating group) is 1. The van der Waals surface area contributed by atoms with Crippen molar-refractivity contribution in [2.24, 2.45) is 0 Å². The molecule has 0 aromatic heterocycles. The lowest BCUT2D eigenvalue weighted by Gasteiger charge is -2.19. The predicted octanol–water partition coefficient (Wildman–Crippen LogP) is 1.55. The average molecular weight is 277 g/mol. The molecule has 1 aromatic carbocycles. The van der Waals surface area contributed by atoms with E-state index in [0.717, 1.165) is 11.6 Å². The summed E-state index contributed by atoms with van der Waals surface area (Å²) in [5.41, 5.74) is 2.03. The molecule has 5 heteroatoms. The number of amides is 1. The number of carbonyl (C=O) groups is 2. The Hall–Kier alpha value is -2.14. The highest BCUT2D eigenvalue weighted by Gasteiger charge is 2.14. The molecule has 2 N–H and O–H groups in total. The molecular weight excluding hydrogens is 258 g/mol. The molecule has 1 aromatic rings. The Labute approximate surface area is 118 Å². The number of hydrogen-bond donors (Lipinski definition) is 2. The van der Waals surface area contributed by atoms with E-state index in [-0.39, 0.29) is 12.5 Å². The molecule has 0 fully saturated rings. The first kappa shape index (κ1) is 15.9. The summed E-state index contributed by atoms with van der Waals surface area (Å²) in [6.07, 6.45) is 1.90. The summed E-state index contributed by atoms with van der Waals surface area (Å²) in [4.78, 5) is 24.1. The van der Waals surface area contributed by atoms with E-state index < -0.39 is 12.1 Å². The van der Waals surface area contributed by atoms with Gasteiger partial charge in [-0.2, -0.15) is 0 Å². The number of aliphatic hydroxyl groups is 1. The molecule has 0 saturated heterocycles. The van der Waals surface area contributed by atoms with Crippen molar-refractivity contribution in [1.29, 1.82) is 0 Å². The summed E-state index contributed by atoms with van der Waals surface area (Å²) in [6, 6.07) is 5.11. The SMILES string of the molecule is Cc1ccc(C(=O)N(C)CC(C)O)cc1/C=C/C(=O)O. The first-order chi connectivity index (χ1) is 9.31. The van der Waals surface area contributed by atoms with Crippen molar-refractivity contribution in [3.05, 3.63) is 41.0 Å². The number of aryl methyl sites for hydroxylation is 1. The van der Waals surface area contributed by atoms with Gasteiger partial charge in [-0.15, -0.1) is 0 Å². The van der Waals surface area contributed by atoms with E-state index in [4.69, 9.17) is 5.11 Å². The van der Waals surface area contributed by atoms with E-state index in [1.807, 2.05) is 6.92 Å². The van der Waals surface area contributed by atoms with Crippen molar-refractivity contribution in [3.8, 4) is 0 Å². The number of carboxylic acid groups (broad SMARTS) is 1. The molecule has 20 heavy (non-hydrogen) atoms. The third-order valence-electron chi connectivity index (χ3n) is 2.82. The minimum atomic E-state index is -1.03. The fourth-order valence-corrected chi connectivity index (χ4v) is 1.81. The Morgan fingerprint density at radius 3 is 2.60 bits per heavy atom. The maximum atomic E-state index is 12.2. The van der Waals surface area contributed by atoms with Crippen LogP contribution in [0.25, 0.3) is 6.08 Å². The molecule has 1 unspecified atom stereocenters. The van der Waals surface area contributed by atoms with E-state index in [2.05, 4.69) is 0 Å². The van der Waals surface area contributed by atoms with Crippen molar-refractivity contribution in [2.45, 2.75) is 20.0 Å². The Balaban J connectivity index is 3.00. The van der Waals surface area contributed by atoms with E-state index >= 15 is 0 Å². The van der Waals surface area contributed by atoms with Crippen LogP contribution in [-0.2, 0) is 4.79 Å². The van der Waals surface area contributed by atoms with E-state index in [0.29, 0.717) is 11.1 Å². The number of carboxylic acids is 1. The largest absolute Gasteiger partial charge is 0.478 e. The van der Waals surface area contributed by atoms with Gasteiger partial charge in [0.2, 0.25) is 0 Å². The Kier molecular flexibility index (Phi) is 5.46. The molecule has 0 saturated carbocycles. The number of rotatable bonds is 5. The third kappa shape index (κ3) is 4.51. The molecule has 0 bridgehead atoms. The number of hydrogen-bond acceptors (Lipinski definition) is 3. The number of aliphatic carboxylic acids is 1. The second kappa shape index (κ2) is 6.86. The van der Waals surface area contributed by atoms with Gasteiger partial charge in [0.15, 0.2) is 0 Å². The third-order valence-corrected chi connectivity index (χ3v) is 2.82. The van der Waals surface area contributed by atoms with Crippen LogP contribution in [0.3, 0.4) is 0 Å². The lowest BCUT2D eigenvalue weighted by molar-refractivity contribution is -0.131. The molecule has 0 radical (unpaired) electrons. The Morgan fingerprint density at radius 2 is 2.05 bits per heavy atom. The van der Waals surface area contributed by atoms with Gasteiger partial charge in [-0.25, -0.2) is 4.79 Å². The van der Waals surface area contributed by atoms with Crippen LogP contribution in [0.5, 0.6) is 0 Å². The summed E-state index contributed by atoms with van der Waals surface area (Å²) in [5, 5.41) is 17.9. The van der Waals surface area contributed by atoms with Crippen LogP contribution in [0.15, 0.2) is 24.3 Å². The van der Waals surface area contributed by atoms with Gasteiger partial charge in [0, 0.05) is 25.2 Å². The van der Waals surface area contributed by atoms with Crippen LogP contribution in [0.1, 0.15) is 28.4 Å². The Bertz CT molecular complexity index is 535. The van der Waals surface area contributed by atoms with Crippen molar-refractivity contribution < 1.29 is 19.8 Å². The van der Waals surface area contributed by atoms with E-state index in [9.17, 15) is 14.7 Å². The second-order valence-electron chi connectivity index (χ2n) is 4.78. The van der Waals surface area contributed by atoms with Gasteiger partial charge in [-0.05, 0) is 43.2 Å². The van der Waals surface area contributed by atoms with Gasteiger partial charge in [-0.1, -0.05) is 6.07 Å². The van der Waals surface area contributed by atoms with Gasteiger partial charge in [0.1, 0.15) is 0 Å². The minimum Gasteiger partial charge on any atom is -0.478 e. The maximum absolute atomic E-state index is 12.2. The normalized spacial score (nSPS) is 12.4. The molecular formula is C15H19NO4. The van der Waals surface area contributed by atoms with Gasteiger partial charge in [-0.3, -0.25) is 4.79 Å². The van der Waals surface area contributed by atoms with Gasteiger partial charge >= 0.3 is 5.97 Å². The highest BCUT2D eigenvalue weighted by atomic mass is 16.4. The summed E-state index contributed by atoms with van der Waals surface area (Å²) in [7, 11) is 1.61. The molecule has 0 aliphatic rings. The number of nitrogens with zero attached hydrogens (tertiary/aromatic N) is 1. The van der Waals surface area contributed by atoms with Crippen LogP contribution >= 0.6 is 0 Å². The van der Waals surface area contributed by atoms with Crippen LogP contribution in [0.2, 0.25) is 0 Å². The second-order valence-corrected chi connectivity index (χ2v) is 4.78. The standard InChI is InChI=1S/C15H19NO4/c1-10-4-5-13(8-12(10)6-7-14(18)19)15(20)16(3)9-11(2)17/h4-8,11,17H,9H2,1-3H3,(H,18,19)/b7-6+. The monoisotopic (exact) mass is 277 g/mol. The first-order valence-corrected chi connectivity index (χ1v) is 6.26. The molecule has 0 aliphatic heterocycles. The molecule has 0 aliphatic carbocycles. The van der Waals surface area contributed by atoms with Crippen LogP contribution in [0.4, 0.5) is 0 Å². The molecule has 1 rings (SSSR count). The summed E-state index contributed by atoms with van der Waals surface area (Å²) in [5.74, 6) is -1.25. The smallest absolute Gasteiger partial charge is 0.328 e. The van der Waals surface area contributed by atoms with Crippen LogP contribution in [-0.4, -0.2) is 46.7 Å². The van der Waals surface area contributed by atoms with Crippen molar-refractivity contribution in [2.75, 3.05) is 13.6 Å². The molecule has 1 amide bonds. The highest BCUT2D eigenvalue weighted by Crippen LogP contribution is 2.14. The van der Waals surface area contributed by atoms with E-state index in [1.165, 1.54) is 11.0 Å². The topological polar surface area (TPSA) is 77.8 Å². The van der Waals surface area contributed by atoms with Crippen LogP contribution < -0.4 is 0 Å². The quantitative estimate of drug-likeness (QED) is 0.800. The Morgan fingerprint density at radius 1 is 1.40 bits per heavy atom. The molecule has 0 spiro atoms. The zero-order chi connectivity index (χ0) is 15.3. The van der Waals surface area contributed by atoms with Gasteiger partial charge < -0.3 is 15.1 Å². The van der Waals surface area contributed by atoms with Crippen molar-refractivity contribution in [1.82, 2.24) is 4.90 Å². The lowest BCUT2D eigenvalue weighted by Crippen LogP contribution is -2.33. The molecule has 1 atom stereocenters. The molecule has 108 valence electrons. The molecule has 5 nitrogen and oxygen atoms in total. The van der Waals surface area contributed by atoms with Gasteiger partial charge in [0.05, 0.1) is 6.10 Å². The first-order valence-electron chi connectivity index (χ1n) is 6.26. The minimum absolute atomic E-state index is 0.212. The van der Waals surface area contributed by atoms with Crippen LogP contribution in [0, 0.1) is 6.92 Å². The summed E-state index contributed by atoms with van der Waals surface area (Å²) >= 11 is 0. The maximum Gasteiger partial charge on any atom is 0.328 e. The summed E-state index contributed by atoms with van der Waals surface area (Å²) in [6.45, 7) is 3.70. The average Bonchev–Trinajstić information content (AvgIpc) is 2.36. The van der Waals surface area contributed by atoms with Gasteiger partial charge in [0.25, 0.3) is 5.91 Å². The zero-order valence-corrected chi connectivity index (χ0v) is 11.8. The lowest BCUT2D eigenvalue weighted by atomic mass is 10.0. The predicted molar refractivity (Wildman–Crippen MR) is 76.5 cm³/mol. The fourth-order valence-electron chi connectivity index (χ4n) is 1.81. The van der Waals surface area contributed by atoms with E-state index in [1.54, 1.807) is 32.2 Å². The number of aliphatic hydroxyl groups excluding tert-OH is 1. The highest BCUT2D eigenvalue weighted by molar-refractivity contribution is 5.95. The van der Waals surface area contributed by atoms with Crippen molar-refractivity contribution in [3.63, 3.8) is 0 Å². The van der Waals surface area contributed by atoms with Crippen molar-refractivity contribution >= 4 is 18.0 Å².